The minimum atomic E-state index is 0.484. The topological polar surface area (TPSA) is 9.23 Å². The van der Waals surface area contributed by atoms with E-state index in [1.807, 2.05) is 18.2 Å². The summed E-state index contributed by atoms with van der Waals surface area (Å²) >= 11 is 0. The Morgan fingerprint density at radius 2 is 2.00 bits per heavy atom. The number of hydrogen-bond donors (Lipinski definition) is 0. The average Bonchev–Trinajstić information content (AvgIpc) is 2.06. The maximum absolute atomic E-state index is 5.04. The first-order valence-electron chi connectivity index (χ1n) is 4.22. The van der Waals surface area contributed by atoms with E-state index in [1.54, 1.807) is 7.11 Å². The summed E-state index contributed by atoms with van der Waals surface area (Å²) in [4.78, 5) is 0. The minimum Gasteiger partial charge on any atom is -0.384 e. The zero-order valence-corrected chi connectivity index (χ0v) is 7.66. The van der Waals surface area contributed by atoms with Crippen LogP contribution in [0.1, 0.15) is 12.5 Å². The van der Waals surface area contributed by atoms with E-state index in [2.05, 4.69) is 25.5 Å². The van der Waals surface area contributed by atoms with Crippen LogP contribution in [0.25, 0.3) is 0 Å². The molecule has 0 aliphatic heterocycles. The molecule has 0 aliphatic carbocycles. The predicted molar refractivity (Wildman–Crippen MR) is 50.9 cm³/mol. The highest BCUT2D eigenvalue weighted by Crippen LogP contribution is 2.10. The van der Waals surface area contributed by atoms with E-state index < -0.39 is 0 Å². The van der Waals surface area contributed by atoms with Crippen molar-refractivity contribution >= 4 is 0 Å². The molecule has 0 aromatic heterocycles. The quantitative estimate of drug-likeness (QED) is 0.662. The Labute approximate surface area is 74.4 Å². The van der Waals surface area contributed by atoms with Crippen LogP contribution in [0, 0.1) is 12.3 Å². The maximum Gasteiger partial charge on any atom is 0.0493 e. The van der Waals surface area contributed by atoms with Gasteiger partial charge < -0.3 is 4.74 Å². The van der Waals surface area contributed by atoms with E-state index in [0.29, 0.717) is 5.92 Å². The Balaban J connectivity index is 2.41. The summed E-state index contributed by atoms with van der Waals surface area (Å²) < 4.78 is 5.04. The predicted octanol–water partition coefficient (Wildman–Crippen LogP) is 2.52. The molecule has 1 aromatic rings. The molecule has 0 N–H and O–H groups in total. The molecule has 0 heterocycles. The molecule has 0 saturated carbocycles. The van der Waals surface area contributed by atoms with E-state index in [0.717, 1.165) is 6.61 Å². The number of rotatable bonds is 4. The number of methoxy groups -OCH3 is 1. The van der Waals surface area contributed by atoms with Crippen molar-refractivity contribution in [2.45, 2.75) is 6.92 Å². The third-order valence-electron chi connectivity index (χ3n) is 1.71. The first kappa shape index (κ1) is 9.27. The van der Waals surface area contributed by atoms with E-state index in [9.17, 15) is 0 Å². The first-order valence-corrected chi connectivity index (χ1v) is 4.22. The Morgan fingerprint density at radius 3 is 2.58 bits per heavy atom. The van der Waals surface area contributed by atoms with Crippen LogP contribution < -0.4 is 0 Å². The fourth-order valence-corrected chi connectivity index (χ4v) is 1.20. The lowest BCUT2D eigenvalue weighted by molar-refractivity contribution is 0.172. The molecule has 1 heteroatoms. The lowest BCUT2D eigenvalue weighted by atomic mass is 10.0. The smallest absolute Gasteiger partial charge is 0.0493 e. The fourth-order valence-electron chi connectivity index (χ4n) is 1.20. The number of ether oxygens (including phenoxy) is 1. The van der Waals surface area contributed by atoms with Crippen molar-refractivity contribution in [1.82, 2.24) is 0 Å². The van der Waals surface area contributed by atoms with Crippen molar-refractivity contribution in [2.75, 3.05) is 13.7 Å². The van der Waals surface area contributed by atoms with Crippen molar-refractivity contribution in [2.24, 2.45) is 5.92 Å². The maximum atomic E-state index is 5.04. The number of benzene rings is 1. The molecule has 12 heavy (non-hydrogen) atoms. The summed E-state index contributed by atoms with van der Waals surface area (Å²) in [5, 5.41) is 0. The summed E-state index contributed by atoms with van der Waals surface area (Å²) in [6, 6.07) is 10.3. The van der Waals surface area contributed by atoms with Crippen LogP contribution in [0.2, 0.25) is 0 Å². The molecule has 0 fully saturated rings. The lowest BCUT2D eigenvalue weighted by Gasteiger charge is -2.08. The highest BCUT2D eigenvalue weighted by Gasteiger charge is 2.01. The van der Waals surface area contributed by atoms with Crippen molar-refractivity contribution in [3.63, 3.8) is 0 Å². The summed E-state index contributed by atoms with van der Waals surface area (Å²) in [5.74, 6) is 0.484. The third-order valence-corrected chi connectivity index (χ3v) is 1.71. The molecule has 65 valence electrons. The van der Waals surface area contributed by atoms with Gasteiger partial charge in [-0.3, -0.25) is 0 Å². The van der Waals surface area contributed by atoms with Gasteiger partial charge >= 0.3 is 0 Å². The molecule has 1 aromatic carbocycles. The summed E-state index contributed by atoms with van der Waals surface area (Å²) in [7, 11) is 1.73. The van der Waals surface area contributed by atoms with E-state index in [-0.39, 0.29) is 0 Å². The highest BCUT2D eigenvalue weighted by molar-refractivity contribution is 5.23. The minimum absolute atomic E-state index is 0.484. The van der Waals surface area contributed by atoms with Gasteiger partial charge in [-0.15, -0.1) is 0 Å². The van der Waals surface area contributed by atoms with E-state index in [4.69, 9.17) is 4.74 Å². The standard InChI is InChI=1S/C11H15O/c1-10(9-12-2)8-11-6-4-3-5-7-11/h3-8,10H,9H2,1-2H3. The van der Waals surface area contributed by atoms with Gasteiger partial charge in [0.25, 0.3) is 0 Å². The summed E-state index contributed by atoms with van der Waals surface area (Å²) in [5.41, 5.74) is 1.27. The van der Waals surface area contributed by atoms with Gasteiger partial charge in [-0.25, -0.2) is 0 Å². The monoisotopic (exact) mass is 163 g/mol. The molecular weight excluding hydrogens is 148 g/mol. The molecule has 1 nitrogen and oxygen atoms in total. The van der Waals surface area contributed by atoms with Gasteiger partial charge in [0.2, 0.25) is 0 Å². The van der Waals surface area contributed by atoms with Gasteiger partial charge in [0, 0.05) is 13.7 Å². The van der Waals surface area contributed by atoms with E-state index in [1.165, 1.54) is 5.56 Å². The molecule has 1 atom stereocenters. The molecule has 0 amide bonds. The van der Waals surface area contributed by atoms with Crippen LogP contribution in [0.5, 0.6) is 0 Å². The second-order valence-electron chi connectivity index (χ2n) is 3.01. The van der Waals surface area contributed by atoms with Gasteiger partial charge in [-0.2, -0.15) is 0 Å². The average molecular weight is 163 g/mol. The van der Waals surface area contributed by atoms with Crippen LogP contribution in [0.3, 0.4) is 0 Å². The molecule has 0 saturated heterocycles. The van der Waals surface area contributed by atoms with Crippen LogP contribution in [0.15, 0.2) is 30.3 Å². The SMILES string of the molecule is COCC(C)[CH]c1ccccc1. The van der Waals surface area contributed by atoms with Crippen molar-refractivity contribution < 1.29 is 4.74 Å². The molecule has 1 rings (SSSR count). The second-order valence-corrected chi connectivity index (χ2v) is 3.01. The van der Waals surface area contributed by atoms with Crippen LogP contribution in [-0.2, 0) is 4.74 Å². The van der Waals surface area contributed by atoms with Gasteiger partial charge in [0.1, 0.15) is 0 Å². The molecule has 0 bridgehead atoms. The number of hydrogen-bond acceptors (Lipinski definition) is 1. The Kier molecular flexibility index (Phi) is 3.81. The zero-order valence-electron chi connectivity index (χ0n) is 7.66. The van der Waals surface area contributed by atoms with Gasteiger partial charge in [0.05, 0.1) is 0 Å². The van der Waals surface area contributed by atoms with Crippen LogP contribution >= 0.6 is 0 Å². The Bertz CT molecular complexity index is 206. The molecule has 0 aliphatic rings. The van der Waals surface area contributed by atoms with Gasteiger partial charge in [-0.05, 0) is 17.9 Å². The Morgan fingerprint density at radius 1 is 1.33 bits per heavy atom. The summed E-state index contributed by atoms with van der Waals surface area (Å²) in [6.07, 6.45) is 2.21. The van der Waals surface area contributed by atoms with Gasteiger partial charge in [-0.1, -0.05) is 37.3 Å². The molecule has 1 unspecified atom stereocenters. The zero-order chi connectivity index (χ0) is 8.81. The fraction of sp³-hybridized carbons (Fsp3) is 0.364. The highest BCUT2D eigenvalue weighted by atomic mass is 16.5. The largest absolute Gasteiger partial charge is 0.384 e. The summed E-state index contributed by atoms with van der Waals surface area (Å²) in [6.45, 7) is 2.94. The molecule has 0 spiro atoms. The van der Waals surface area contributed by atoms with Crippen molar-refractivity contribution in [3.05, 3.63) is 42.3 Å². The van der Waals surface area contributed by atoms with Gasteiger partial charge in [0.15, 0.2) is 0 Å². The Hall–Kier alpha value is -0.820. The first-order chi connectivity index (χ1) is 5.83. The lowest BCUT2D eigenvalue weighted by Crippen LogP contribution is -2.04. The molecule has 1 radical (unpaired) electrons. The van der Waals surface area contributed by atoms with Crippen LogP contribution in [-0.4, -0.2) is 13.7 Å². The third kappa shape index (κ3) is 3.05. The normalized spacial score (nSPS) is 12.8. The van der Waals surface area contributed by atoms with Crippen molar-refractivity contribution in [3.8, 4) is 0 Å². The molecular formula is C11H15O. The van der Waals surface area contributed by atoms with Crippen molar-refractivity contribution in [1.29, 1.82) is 0 Å². The van der Waals surface area contributed by atoms with Crippen LogP contribution in [0.4, 0.5) is 0 Å². The van der Waals surface area contributed by atoms with E-state index >= 15 is 0 Å². The second kappa shape index (κ2) is 4.94.